The van der Waals surface area contributed by atoms with E-state index in [0.29, 0.717) is 18.2 Å². The van der Waals surface area contributed by atoms with Crippen molar-refractivity contribution < 1.29 is 8.42 Å². The van der Waals surface area contributed by atoms with Crippen molar-refractivity contribution in [3.8, 4) is 0 Å². The molecule has 2 unspecified atom stereocenters. The Hall–Kier alpha value is 0.220. The van der Waals surface area contributed by atoms with Crippen LogP contribution in [0.1, 0.15) is 13.8 Å². The van der Waals surface area contributed by atoms with E-state index in [1.54, 1.807) is 11.8 Å². The summed E-state index contributed by atoms with van der Waals surface area (Å²) in [4.78, 5) is 2.08. The van der Waals surface area contributed by atoms with Crippen LogP contribution < -0.4 is 5.73 Å². The lowest BCUT2D eigenvalue weighted by molar-refractivity contribution is 0.156. The molecule has 1 fully saturated rings. The molecule has 1 saturated heterocycles. The van der Waals surface area contributed by atoms with Crippen LogP contribution in [-0.4, -0.2) is 55.6 Å². The molecule has 0 amide bonds. The molecule has 0 aliphatic carbocycles. The predicted octanol–water partition coefficient (Wildman–Crippen LogP) is 0.389. The molecular formula is C10H22N2O2S2. The minimum Gasteiger partial charge on any atom is -0.329 e. The molecule has 2 N–H and O–H groups in total. The molecule has 2 atom stereocenters. The van der Waals surface area contributed by atoms with Crippen LogP contribution in [0.4, 0.5) is 0 Å². The monoisotopic (exact) mass is 266 g/mol. The first-order valence-electron chi connectivity index (χ1n) is 5.60. The highest BCUT2D eigenvalue weighted by molar-refractivity contribution is 8.00. The van der Waals surface area contributed by atoms with E-state index in [1.165, 1.54) is 6.26 Å². The number of sulfone groups is 1. The number of nitrogens with two attached hydrogens (primary N) is 1. The topological polar surface area (TPSA) is 63.4 Å². The standard InChI is InChI=1S/C10H22N2O2S2/c1-8(2)9(6-11)12-4-5-15-7-10(12)16(3,13)14/h8-10H,4-7,11H2,1-3H3. The van der Waals surface area contributed by atoms with Crippen molar-refractivity contribution in [1.82, 2.24) is 4.90 Å². The quantitative estimate of drug-likeness (QED) is 0.797. The van der Waals surface area contributed by atoms with Crippen molar-refractivity contribution >= 4 is 21.6 Å². The van der Waals surface area contributed by atoms with Crippen molar-refractivity contribution in [2.24, 2.45) is 11.7 Å². The first-order chi connectivity index (χ1) is 7.38. The van der Waals surface area contributed by atoms with Gasteiger partial charge in [0.2, 0.25) is 0 Å². The predicted molar refractivity (Wildman–Crippen MR) is 70.3 cm³/mol. The zero-order valence-electron chi connectivity index (χ0n) is 10.2. The zero-order chi connectivity index (χ0) is 12.3. The molecule has 96 valence electrons. The molecule has 0 saturated carbocycles. The summed E-state index contributed by atoms with van der Waals surface area (Å²) in [6, 6.07) is 0.167. The summed E-state index contributed by atoms with van der Waals surface area (Å²) in [6.45, 7) is 5.54. The van der Waals surface area contributed by atoms with Crippen LogP contribution in [0.3, 0.4) is 0 Å². The number of nitrogens with zero attached hydrogens (tertiary/aromatic N) is 1. The molecule has 16 heavy (non-hydrogen) atoms. The summed E-state index contributed by atoms with van der Waals surface area (Å²) in [5, 5.41) is -0.359. The molecule has 0 aromatic heterocycles. The Balaban J connectivity index is 2.89. The van der Waals surface area contributed by atoms with Gasteiger partial charge in [-0.05, 0) is 5.92 Å². The first-order valence-corrected chi connectivity index (χ1v) is 8.71. The Morgan fingerprint density at radius 1 is 1.50 bits per heavy atom. The molecule has 0 spiro atoms. The van der Waals surface area contributed by atoms with Gasteiger partial charge in [0, 0.05) is 36.9 Å². The van der Waals surface area contributed by atoms with Crippen LogP contribution in [0.5, 0.6) is 0 Å². The molecule has 1 aliphatic rings. The SMILES string of the molecule is CC(C)C(CN)N1CCSCC1S(C)(=O)=O. The van der Waals surface area contributed by atoms with Crippen molar-refractivity contribution in [3.63, 3.8) is 0 Å². The molecule has 0 radical (unpaired) electrons. The third-order valence-corrected chi connectivity index (χ3v) is 5.71. The minimum atomic E-state index is -3.01. The Bertz CT molecular complexity index is 317. The fourth-order valence-electron chi connectivity index (χ4n) is 2.13. The lowest BCUT2D eigenvalue weighted by Crippen LogP contribution is -2.55. The Kier molecular flexibility index (Phi) is 5.10. The normalized spacial score (nSPS) is 25.9. The van der Waals surface area contributed by atoms with E-state index < -0.39 is 9.84 Å². The lowest BCUT2D eigenvalue weighted by atomic mass is 10.0. The van der Waals surface area contributed by atoms with Gasteiger partial charge in [-0.1, -0.05) is 13.8 Å². The maximum absolute atomic E-state index is 11.7. The van der Waals surface area contributed by atoms with E-state index >= 15 is 0 Å². The third kappa shape index (κ3) is 3.35. The van der Waals surface area contributed by atoms with Gasteiger partial charge in [-0.15, -0.1) is 0 Å². The highest BCUT2D eigenvalue weighted by atomic mass is 32.2. The summed E-state index contributed by atoms with van der Waals surface area (Å²) in [5.41, 5.74) is 5.77. The summed E-state index contributed by atoms with van der Waals surface area (Å²) >= 11 is 1.71. The summed E-state index contributed by atoms with van der Waals surface area (Å²) in [5.74, 6) is 2.05. The van der Waals surface area contributed by atoms with E-state index in [0.717, 1.165) is 12.3 Å². The van der Waals surface area contributed by atoms with Gasteiger partial charge in [-0.25, -0.2) is 8.42 Å². The number of hydrogen-bond donors (Lipinski definition) is 1. The summed E-state index contributed by atoms with van der Waals surface area (Å²) in [7, 11) is -3.01. The Labute approximate surface area is 103 Å². The van der Waals surface area contributed by atoms with Crippen LogP contribution in [0.15, 0.2) is 0 Å². The lowest BCUT2D eigenvalue weighted by Gasteiger charge is -2.41. The fourth-order valence-corrected chi connectivity index (χ4v) is 5.06. The second-order valence-electron chi connectivity index (χ2n) is 4.64. The van der Waals surface area contributed by atoms with E-state index in [-0.39, 0.29) is 11.4 Å². The van der Waals surface area contributed by atoms with Gasteiger partial charge in [0.25, 0.3) is 0 Å². The van der Waals surface area contributed by atoms with Gasteiger partial charge < -0.3 is 5.73 Å². The maximum Gasteiger partial charge on any atom is 0.164 e. The van der Waals surface area contributed by atoms with Crippen LogP contribution in [0, 0.1) is 5.92 Å². The number of thioether (sulfide) groups is 1. The van der Waals surface area contributed by atoms with Crippen LogP contribution in [-0.2, 0) is 9.84 Å². The van der Waals surface area contributed by atoms with E-state index in [2.05, 4.69) is 18.7 Å². The molecule has 6 heteroatoms. The molecular weight excluding hydrogens is 244 g/mol. The van der Waals surface area contributed by atoms with Crippen molar-refractivity contribution in [3.05, 3.63) is 0 Å². The average Bonchev–Trinajstić information content (AvgIpc) is 2.17. The van der Waals surface area contributed by atoms with Crippen LogP contribution >= 0.6 is 11.8 Å². The summed E-state index contributed by atoms with van der Waals surface area (Å²) < 4.78 is 23.5. The summed E-state index contributed by atoms with van der Waals surface area (Å²) in [6.07, 6.45) is 1.32. The Morgan fingerprint density at radius 2 is 2.12 bits per heavy atom. The van der Waals surface area contributed by atoms with Crippen LogP contribution in [0.2, 0.25) is 0 Å². The second-order valence-corrected chi connectivity index (χ2v) is 8.00. The van der Waals surface area contributed by atoms with E-state index in [9.17, 15) is 8.42 Å². The second kappa shape index (κ2) is 5.71. The highest BCUT2D eigenvalue weighted by Crippen LogP contribution is 2.24. The van der Waals surface area contributed by atoms with Gasteiger partial charge >= 0.3 is 0 Å². The highest BCUT2D eigenvalue weighted by Gasteiger charge is 2.35. The van der Waals surface area contributed by atoms with Gasteiger partial charge in [0.05, 0.1) is 0 Å². The van der Waals surface area contributed by atoms with E-state index in [1.807, 2.05) is 0 Å². The maximum atomic E-state index is 11.7. The first kappa shape index (κ1) is 14.3. The molecule has 1 aliphatic heterocycles. The van der Waals surface area contributed by atoms with Gasteiger partial charge in [-0.3, -0.25) is 4.90 Å². The molecule has 0 aromatic carbocycles. The molecule has 1 heterocycles. The third-order valence-electron chi connectivity index (χ3n) is 3.06. The van der Waals surface area contributed by atoms with Crippen molar-refractivity contribution in [1.29, 1.82) is 0 Å². The van der Waals surface area contributed by atoms with Crippen molar-refractivity contribution in [2.75, 3.05) is 30.9 Å². The fraction of sp³-hybridized carbons (Fsp3) is 1.00. The smallest absolute Gasteiger partial charge is 0.164 e. The molecule has 1 rings (SSSR count). The van der Waals surface area contributed by atoms with Gasteiger partial charge in [0.1, 0.15) is 5.37 Å². The molecule has 4 nitrogen and oxygen atoms in total. The molecule has 0 bridgehead atoms. The van der Waals surface area contributed by atoms with Crippen molar-refractivity contribution in [2.45, 2.75) is 25.3 Å². The van der Waals surface area contributed by atoms with Crippen LogP contribution in [0.25, 0.3) is 0 Å². The van der Waals surface area contributed by atoms with Gasteiger partial charge in [-0.2, -0.15) is 11.8 Å². The Morgan fingerprint density at radius 3 is 2.56 bits per heavy atom. The average molecular weight is 266 g/mol. The van der Waals surface area contributed by atoms with E-state index in [4.69, 9.17) is 5.73 Å². The van der Waals surface area contributed by atoms with Gasteiger partial charge in [0.15, 0.2) is 9.84 Å². The minimum absolute atomic E-state index is 0.167. The zero-order valence-corrected chi connectivity index (χ0v) is 11.9. The molecule has 0 aromatic rings. The number of hydrogen-bond acceptors (Lipinski definition) is 5. The largest absolute Gasteiger partial charge is 0.329 e. The number of rotatable bonds is 4.